The number of carbonyl (C=O) groups is 1. The number of anilines is 2. The Labute approximate surface area is 191 Å². The maximum atomic E-state index is 12.6. The number of aliphatic hydroxyl groups is 1. The van der Waals surface area contributed by atoms with Gasteiger partial charge in [-0.1, -0.05) is 18.2 Å². The van der Waals surface area contributed by atoms with Gasteiger partial charge < -0.3 is 10.8 Å². The fraction of sp³-hybridized carbons (Fsp3) is 0.208. The van der Waals surface area contributed by atoms with E-state index in [1.54, 1.807) is 36.9 Å². The summed E-state index contributed by atoms with van der Waals surface area (Å²) >= 11 is 0. The summed E-state index contributed by atoms with van der Waals surface area (Å²) in [6.45, 7) is 5.14. The van der Waals surface area contributed by atoms with Crippen molar-refractivity contribution in [2.24, 2.45) is 12.8 Å². The van der Waals surface area contributed by atoms with Crippen LogP contribution in [-0.4, -0.2) is 35.9 Å². The fourth-order valence-corrected chi connectivity index (χ4v) is 3.42. The van der Waals surface area contributed by atoms with Crippen LogP contribution < -0.4 is 10.6 Å². The van der Waals surface area contributed by atoms with Gasteiger partial charge in [0.1, 0.15) is 17.1 Å². The van der Waals surface area contributed by atoms with Crippen molar-refractivity contribution in [3.05, 3.63) is 72.3 Å². The van der Waals surface area contributed by atoms with E-state index in [0.717, 1.165) is 11.1 Å². The minimum Gasteiger partial charge on any atom is -0.382 e. The van der Waals surface area contributed by atoms with Crippen molar-refractivity contribution in [1.82, 2.24) is 24.7 Å². The van der Waals surface area contributed by atoms with E-state index in [9.17, 15) is 9.90 Å². The largest absolute Gasteiger partial charge is 0.382 e. The lowest BCUT2D eigenvalue weighted by Gasteiger charge is -2.23. The highest BCUT2D eigenvalue weighted by molar-refractivity contribution is 5.99. The van der Waals surface area contributed by atoms with Crippen LogP contribution in [-0.2, 0) is 12.6 Å². The molecule has 0 saturated carbocycles. The molecule has 0 aliphatic rings. The number of primary amides is 1. The van der Waals surface area contributed by atoms with Gasteiger partial charge in [-0.3, -0.25) is 4.68 Å². The first-order chi connectivity index (χ1) is 15.6. The predicted octanol–water partition coefficient (Wildman–Crippen LogP) is 3.69. The van der Waals surface area contributed by atoms with Crippen molar-refractivity contribution in [3.63, 3.8) is 0 Å². The number of amides is 2. The van der Waals surface area contributed by atoms with E-state index in [2.05, 4.69) is 20.1 Å². The van der Waals surface area contributed by atoms with E-state index in [1.165, 1.54) is 4.90 Å². The SMILES string of the molecule is Cc1ccc(-c2ccnc(C(C)(C)O)n2)cc1N(C(N)=O)c1cccc(-c2ccn(C)n2)n1. The summed E-state index contributed by atoms with van der Waals surface area (Å²) in [4.78, 5) is 27.2. The lowest BCUT2D eigenvalue weighted by atomic mass is 10.0. The summed E-state index contributed by atoms with van der Waals surface area (Å²) in [5, 5.41) is 14.7. The first kappa shape index (κ1) is 22.1. The summed E-state index contributed by atoms with van der Waals surface area (Å²) in [6.07, 6.45) is 3.42. The molecule has 9 nitrogen and oxygen atoms in total. The van der Waals surface area contributed by atoms with Crippen LogP contribution in [0.4, 0.5) is 16.3 Å². The number of benzene rings is 1. The number of nitrogens with zero attached hydrogens (tertiary/aromatic N) is 6. The zero-order valence-electron chi connectivity index (χ0n) is 18.9. The number of urea groups is 1. The van der Waals surface area contributed by atoms with Crippen molar-refractivity contribution < 1.29 is 9.90 Å². The highest BCUT2D eigenvalue weighted by Crippen LogP contribution is 2.32. The molecule has 0 radical (unpaired) electrons. The van der Waals surface area contributed by atoms with Gasteiger partial charge in [0.25, 0.3) is 0 Å². The van der Waals surface area contributed by atoms with Gasteiger partial charge in [-0.25, -0.2) is 24.6 Å². The molecule has 1 aromatic carbocycles. The molecule has 0 saturated heterocycles. The van der Waals surface area contributed by atoms with E-state index in [1.807, 2.05) is 56.6 Å². The summed E-state index contributed by atoms with van der Waals surface area (Å²) < 4.78 is 1.69. The maximum Gasteiger partial charge on any atom is 0.325 e. The van der Waals surface area contributed by atoms with Gasteiger partial charge in [0.15, 0.2) is 5.82 Å². The number of rotatable bonds is 5. The Hall–Kier alpha value is -4.11. The standard InChI is InChI=1S/C24H25N7O2/c1-15-8-9-16(17-10-12-26-22(28-17)24(2,3)33)14-20(15)31(23(25)32)21-7-5-6-18(27-21)19-11-13-30(4)29-19/h5-14,33H,1-4H3,(H2,25,32). The van der Waals surface area contributed by atoms with Crippen molar-refractivity contribution >= 4 is 17.5 Å². The third kappa shape index (κ3) is 4.58. The average Bonchev–Trinajstić information content (AvgIpc) is 3.21. The quantitative estimate of drug-likeness (QED) is 0.485. The topological polar surface area (TPSA) is 123 Å². The highest BCUT2D eigenvalue weighted by atomic mass is 16.3. The molecular formula is C24H25N7O2. The second kappa shape index (κ2) is 8.44. The van der Waals surface area contributed by atoms with Gasteiger partial charge in [0.2, 0.25) is 0 Å². The normalized spacial score (nSPS) is 11.4. The number of hydrogen-bond donors (Lipinski definition) is 2. The lowest BCUT2D eigenvalue weighted by molar-refractivity contribution is 0.0688. The molecule has 0 aliphatic heterocycles. The molecule has 4 rings (SSSR count). The Kier molecular flexibility index (Phi) is 5.65. The summed E-state index contributed by atoms with van der Waals surface area (Å²) in [5.74, 6) is 0.685. The molecular weight excluding hydrogens is 418 g/mol. The molecule has 9 heteroatoms. The first-order valence-electron chi connectivity index (χ1n) is 10.4. The molecule has 0 fully saturated rings. The van der Waals surface area contributed by atoms with Crippen LogP contribution in [0.25, 0.3) is 22.6 Å². The van der Waals surface area contributed by atoms with Gasteiger partial charge in [0.05, 0.1) is 17.1 Å². The van der Waals surface area contributed by atoms with E-state index in [-0.39, 0.29) is 0 Å². The Morgan fingerprint density at radius 1 is 1.06 bits per heavy atom. The van der Waals surface area contributed by atoms with Crippen LogP contribution in [0.1, 0.15) is 25.2 Å². The van der Waals surface area contributed by atoms with Crippen LogP contribution in [0.2, 0.25) is 0 Å². The third-order valence-electron chi connectivity index (χ3n) is 5.11. The Bertz CT molecular complexity index is 1320. The average molecular weight is 444 g/mol. The van der Waals surface area contributed by atoms with Crippen LogP contribution in [0, 0.1) is 6.92 Å². The number of aromatic nitrogens is 5. The molecule has 3 aromatic heterocycles. The molecule has 0 bridgehead atoms. The zero-order chi connectivity index (χ0) is 23.8. The smallest absolute Gasteiger partial charge is 0.325 e. The number of aryl methyl sites for hydroxylation is 2. The molecule has 4 aromatic rings. The molecule has 3 heterocycles. The molecule has 3 N–H and O–H groups in total. The molecule has 168 valence electrons. The van der Waals surface area contributed by atoms with Gasteiger partial charge >= 0.3 is 6.03 Å². The van der Waals surface area contributed by atoms with Gasteiger partial charge in [-0.15, -0.1) is 0 Å². The second-order valence-corrected chi connectivity index (χ2v) is 8.26. The van der Waals surface area contributed by atoms with E-state index >= 15 is 0 Å². The van der Waals surface area contributed by atoms with Crippen molar-refractivity contribution in [3.8, 4) is 22.6 Å². The van der Waals surface area contributed by atoms with E-state index in [0.29, 0.717) is 34.4 Å². The second-order valence-electron chi connectivity index (χ2n) is 8.26. The summed E-state index contributed by atoms with van der Waals surface area (Å²) in [5.41, 5.74) is 8.70. The van der Waals surface area contributed by atoms with E-state index in [4.69, 9.17) is 5.73 Å². The van der Waals surface area contributed by atoms with Crippen LogP contribution >= 0.6 is 0 Å². The summed E-state index contributed by atoms with van der Waals surface area (Å²) in [6, 6.07) is 13.9. The molecule has 33 heavy (non-hydrogen) atoms. The third-order valence-corrected chi connectivity index (χ3v) is 5.11. The Balaban J connectivity index is 1.79. The first-order valence-corrected chi connectivity index (χ1v) is 10.4. The number of carbonyl (C=O) groups excluding carboxylic acids is 1. The summed E-state index contributed by atoms with van der Waals surface area (Å²) in [7, 11) is 1.83. The molecule has 0 atom stereocenters. The van der Waals surface area contributed by atoms with Gasteiger partial charge in [-0.2, -0.15) is 5.10 Å². The number of pyridine rings is 1. The van der Waals surface area contributed by atoms with Crippen molar-refractivity contribution in [1.29, 1.82) is 0 Å². The van der Waals surface area contributed by atoms with Crippen LogP contribution in [0.5, 0.6) is 0 Å². The van der Waals surface area contributed by atoms with Crippen molar-refractivity contribution in [2.75, 3.05) is 4.90 Å². The predicted molar refractivity (Wildman–Crippen MR) is 126 cm³/mol. The Morgan fingerprint density at radius 3 is 2.52 bits per heavy atom. The highest BCUT2D eigenvalue weighted by Gasteiger charge is 2.22. The van der Waals surface area contributed by atoms with Gasteiger partial charge in [-0.05, 0) is 56.7 Å². The fourth-order valence-electron chi connectivity index (χ4n) is 3.42. The molecule has 2 amide bonds. The van der Waals surface area contributed by atoms with Crippen LogP contribution in [0.3, 0.4) is 0 Å². The maximum absolute atomic E-state index is 12.6. The molecule has 0 aliphatic carbocycles. The Morgan fingerprint density at radius 2 is 1.85 bits per heavy atom. The minimum atomic E-state index is -1.18. The number of hydrogen-bond acceptors (Lipinski definition) is 6. The van der Waals surface area contributed by atoms with Crippen LogP contribution in [0.15, 0.2) is 60.9 Å². The molecule has 0 spiro atoms. The minimum absolute atomic E-state index is 0.304. The monoisotopic (exact) mass is 443 g/mol. The molecule has 0 unspecified atom stereocenters. The van der Waals surface area contributed by atoms with Crippen molar-refractivity contribution in [2.45, 2.75) is 26.4 Å². The lowest BCUT2D eigenvalue weighted by Crippen LogP contribution is -2.32. The number of nitrogens with two attached hydrogens (primary N) is 1. The van der Waals surface area contributed by atoms with E-state index < -0.39 is 11.6 Å². The van der Waals surface area contributed by atoms with Gasteiger partial charge in [0, 0.05) is 25.0 Å². The zero-order valence-corrected chi connectivity index (χ0v) is 18.9.